The largest absolute Gasteiger partial charge is 0.291 e. The third kappa shape index (κ3) is 2.99. The molecule has 0 aliphatic heterocycles. The first-order valence-electron chi connectivity index (χ1n) is 3.64. The molecule has 0 bridgehead atoms. The molecular weight excluding hydrogens is 140 g/mol. The fraction of sp³-hybridized carbons (Fsp3) is 0.556. The molecule has 0 aliphatic rings. The van der Waals surface area contributed by atoms with Gasteiger partial charge in [-0.25, -0.2) is 0 Å². The topological polar surface area (TPSA) is 34.1 Å². The summed E-state index contributed by atoms with van der Waals surface area (Å²) in [7, 11) is 0. The van der Waals surface area contributed by atoms with E-state index in [-0.39, 0.29) is 0 Å². The molecule has 0 aliphatic carbocycles. The minimum atomic E-state index is -0.502. The minimum absolute atomic E-state index is 0.436. The highest BCUT2D eigenvalue weighted by molar-refractivity contribution is 6.37. The lowest BCUT2D eigenvalue weighted by molar-refractivity contribution is -0.136. The lowest BCUT2D eigenvalue weighted by atomic mass is 9.97. The molecule has 0 rings (SSSR count). The molecule has 2 heteroatoms. The van der Waals surface area contributed by atoms with Crippen LogP contribution in [0.4, 0.5) is 0 Å². The summed E-state index contributed by atoms with van der Waals surface area (Å²) < 4.78 is 0. The van der Waals surface area contributed by atoms with Crippen LogP contribution in [0, 0.1) is 18.3 Å². The van der Waals surface area contributed by atoms with Crippen LogP contribution in [0.3, 0.4) is 0 Å². The Morgan fingerprint density at radius 1 is 1.55 bits per heavy atom. The van der Waals surface area contributed by atoms with Crippen molar-refractivity contribution in [2.75, 3.05) is 0 Å². The van der Waals surface area contributed by atoms with Crippen molar-refractivity contribution in [1.82, 2.24) is 0 Å². The van der Waals surface area contributed by atoms with E-state index in [0.717, 1.165) is 6.42 Å². The van der Waals surface area contributed by atoms with Gasteiger partial charge in [-0.2, -0.15) is 0 Å². The lowest BCUT2D eigenvalue weighted by Crippen LogP contribution is -2.19. The van der Waals surface area contributed by atoms with Crippen LogP contribution in [0.1, 0.15) is 26.7 Å². The lowest BCUT2D eigenvalue weighted by Gasteiger charge is -2.03. The van der Waals surface area contributed by atoms with Crippen molar-refractivity contribution >= 4 is 11.6 Å². The van der Waals surface area contributed by atoms with E-state index in [0.29, 0.717) is 6.42 Å². The van der Waals surface area contributed by atoms with Crippen molar-refractivity contribution in [3.8, 4) is 12.3 Å². The quantitative estimate of drug-likeness (QED) is 0.448. The second-order valence-electron chi connectivity index (χ2n) is 2.43. The van der Waals surface area contributed by atoms with E-state index in [4.69, 9.17) is 6.42 Å². The van der Waals surface area contributed by atoms with E-state index in [1.54, 1.807) is 0 Å². The normalized spacial score (nSPS) is 11.7. The molecule has 2 nitrogen and oxygen atoms in total. The van der Waals surface area contributed by atoms with Gasteiger partial charge in [0.15, 0.2) is 5.78 Å². The standard InChI is InChI=1S/C9H12O2/c1-4-6-8(5-2)9(11)7(3)10/h2,8H,4,6H2,1,3H3/t8-/m1/s1. The van der Waals surface area contributed by atoms with Crippen LogP contribution in [0.25, 0.3) is 0 Å². The van der Waals surface area contributed by atoms with Crippen LogP contribution in [0.15, 0.2) is 0 Å². The molecule has 0 fully saturated rings. The minimum Gasteiger partial charge on any atom is -0.291 e. The predicted molar refractivity (Wildman–Crippen MR) is 42.9 cm³/mol. The predicted octanol–water partition coefficient (Wildman–Crippen LogP) is 1.19. The maximum atomic E-state index is 11.0. The van der Waals surface area contributed by atoms with Crippen LogP contribution in [0.2, 0.25) is 0 Å². The number of hydrogen-bond donors (Lipinski definition) is 0. The zero-order chi connectivity index (χ0) is 8.85. The van der Waals surface area contributed by atoms with Crippen molar-refractivity contribution in [2.24, 2.45) is 5.92 Å². The number of terminal acetylenes is 1. The summed E-state index contributed by atoms with van der Waals surface area (Å²) in [4.78, 5) is 21.5. The van der Waals surface area contributed by atoms with Gasteiger partial charge in [0.1, 0.15) is 0 Å². The molecule has 0 saturated carbocycles. The number of carbonyl (C=O) groups is 2. The third-order valence-corrected chi connectivity index (χ3v) is 1.44. The van der Waals surface area contributed by atoms with E-state index >= 15 is 0 Å². The highest BCUT2D eigenvalue weighted by Crippen LogP contribution is 2.06. The highest BCUT2D eigenvalue weighted by Gasteiger charge is 2.18. The third-order valence-electron chi connectivity index (χ3n) is 1.44. The average molecular weight is 152 g/mol. The smallest absolute Gasteiger partial charge is 0.212 e. The van der Waals surface area contributed by atoms with Crippen LogP contribution in [-0.4, -0.2) is 11.6 Å². The fourth-order valence-corrected chi connectivity index (χ4v) is 0.824. The Hall–Kier alpha value is -1.10. The molecular formula is C9H12O2. The summed E-state index contributed by atoms with van der Waals surface area (Å²) >= 11 is 0. The van der Waals surface area contributed by atoms with Crippen molar-refractivity contribution in [1.29, 1.82) is 0 Å². The summed E-state index contributed by atoms with van der Waals surface area (Å²) in [5.74, 6) is 0.932. The van der Waals surface area contributed by atoms with Gasteiger partial charge >= 0.3 is 0 Å². The SMILES string of the molecule is C#C[C@H](CCC)C(=O)C(C)=O. The van der Waals surface area contributed by atoms with Crippen LogP contribution in [0.5, 0.6) is 0 Å². The summed E-state index contributed by atoms with van der Waals surface area (Å²) in [6, 6.07) is 0. The zero-order valence-electron chi connectivity index (χ0n) is 6.89. The molecule has 0 aromatic heterocycles. The van der Waals surface area contributed by atoms with Gasteiger partial charge in [-0.15, -0.1) is 6.42 Å². The average Bonchev–Trinajstić information content (AvgIpc) is 1.98. The molecule has 60 valence electrons. The molecule has 0 amide bonds. The number of carbonyl (C=O) groups excluding carboxylic acids is 2. The second kappa shape index (κ2) is 4.68. The van der Waals surface area contributed by atoms with Gasteiger partial charge in [-0.3, -0.25) is 9.59 Å². The van der Waals surface area contributed by atoms with Gasteiger partial charge in [0, 0.05) is 6.92 Å². The molecule has 11 heavy (non-hydrogen) atoms. The summed E-state index contributed by atoms with van der Waals surface area (Å²) in [6.07, 6.45) is 6.51. The highest BCUT2D eigenvalue weighted by atomic mass is 16.2. The summed E-state index contributed by atoms with van der Waals surface area (Å²) in [5, 5.41) is 0. The molecule has 0 unspecified atom stereocenters. The molecule has 0 aromatic carbocycles. The number of hydrogen-bond acceptors (Lipinski definition) is 2. The number of rotatable bonds is 4. The molecule has 0 spiro atoms. The van der Waals surface area contributed by atoms with Crippen molar-refractivity contribution in [3.05, 3.63) is 0 Å². The Balaban J connectivity index is 4.17. The van der Waals surface area contributed by atoms with Crippen molar-refractivity contribution in [3.63, 3.8) is 0 Å². The first-order chi connectivity index (χ1) is 5.13. The summed E-state index contributed by atoms with van der Waals surface area (Å²) in [5.41, 5.74) is 0. The van der Waals surface area contributed by atoms with Crippen LogP contribution in [-0.2, 0) is 9.59 Å². The maximum absolute atomic E-state index is 11.0. The first-order valence-corrected chi connectivity index (χ1v) is 3.64. The molecule has 1 atom stereocenters. The van der Waals surface area contributed by atoms with Crippen LogP contribution < -0.4 is 0 Å². The Bertz CT molecular complexity index is 198. The molecule has 0 saturated heterocycles. The first kappa shape index (κ1) is 9.90. The van der Waals surface area contributed by atoms with Gasteiger partial charge in [-0.1, -0.05) is 19.3 Å². The van der Waals surface area contributed by atoms with E-state index in [9.17, 15) is 9.59 Å². The van der Waals surface area contributed by atoms with E-state index in [1.807, 2.05) is 6.92 Å². The fourth-order valence-electron chi connectivity index (χ4n) is 0.824. The Morgan fingerprint density at radius 3 is 2.36 bits per heavy atom. The van der Waals surface area contributed by atoms with Crippen molar-refractivity contribution < 1.29 is 9.59 Å². The van der Waals surface area contributed by atoms with E-state index in [1.165, 1.54) is 6.92 Å². The van der Waals surface area contributed by atoms with Gasteiger partial charge < -0.3 is 0 Å². The monoisotopic (exact) mass is 152 g/mol. The van der Waals surface area contributed by atoms with Gasteiger partial charge in [0.05, 0.1) is 5.92 Å². The van der Waals surface area contributed by atoms with E-state index in [2.05, 4.69) is 5.92 Å². The van der Waals surface area contributed by atoms with Gasteiger partial charge in [-0.05, 0) is 6.42 Å². The molecule has 0 N–H and O–H groups in total. The Labute approximate surface area is 67.0 Å². The zero-order valence-corrected chi connectivity index (χ0v) is 6.89. The number of Topliss-reactive ketones (excluding diaryl/α,β-unsaturated/α-hetero) is 2. The Morgan fingerprint density at radius 2 is 2.09 bits per heavy atom. The molecule has 0 aromatic rings. The van der Waals surface area contributed by atoms with Gasteiger partial charge in [0.25, 0.3) is 0 Å². The Kier molecular flexibility index (Phi) is 4.21. The van der Waals surface area contributed by atoms with Crippen LogP contribution >= 0.6 is 0 Å². The van der Waals surface area contributed by atoms with Crippen molar-refractivity contribution in [2.45, 2.75) is 26.7 Å². The summed E-state index contributed by atoms with van der Waals surface area (Å²) in [6.45, 7) is 3.18. The second-order valence-corrected chi connectivity index (χ2v) is 2.43. The number of ketones is 2. The molecule has 0 radical (unpaired) electrons. The van der Waals surface area contributed by atoms with Gasteiger partial charge in [0.2, 0.25) is 5.78 Å². The van der Waals surface area contributed by atoms with E-state index < -0.39 is 17.5 Å². The molecule has 0 heterocycles. The maximum Gasteiger partial charge on any atom is 0.212 e.